The van der Waals surface area contributed by atoms with Crippen LogP contribution < -0.4 is 15.8 Å². The molecule has 5 heteroatoms. The molecule has 0 aliphatic carbocycles. The van der Waals surface area contributed by atoms with Crippen molar-refractivity contribution in [3.63, 3.8) is 0 Å². The van der Waals surface area contributed by atoms with E-state index in [0.29, 0.717) is 18.9 Å². The van der Waals surface area contributed by atoms with Gasteiger partial charge in [0.2, 0.25) is 5.91 Å². The largest absolute Gasteiger partial charge is 0.457 e. The highest BCUT2D eigenvalue weighted by Gasteiger charge is 2.26. The predicted octanol–water partition coefficient (Wildman–Crippen LogP) is 3.48. The number of aryl methyl sites for hydroxylation is 1. The maximum atomic E-state index is 12.3. The van der Waals surface area contributed by atoms with E-state index in [1.54, 1.807) is 0 Å². The molecule has 1 aliphatic rings. The summed E-state index contributed by atoms with van der Waals surface area (Å²) in [6.07, 6.45) is 1.66. The monoisotopic (exact) mass is 340 g/mol. The van der Waals surface area contributed by atoms with Gasteiger partial charge in [-0.3, -0.25) is 4.79 Å². The minimum absolute atomic E-state index is 0.153. The second kappa shape index (κ2) is 8.14. The van der Waals surface area contributed by atoms with Gasteiger partial charge in [0.05, 0.1) is 6.04 Å². The van der Waals surface area contributed by atoms with Gasteiger partial charge in [0.15, 0.2) is 0 Å². The molecule has 0 radical (unpaired) electrons. The highest BCUT2D eigenvalue weighted by Crippen LogP contribution is 2.24. The summed E-state index contributed by atoms with van der Waals surface area (Å²) in [5, 5.41) is 2.88. The van der Waals surface area contributed by atoms with E-state index in [-0.39, 0.29) is 11.8 Å². The molecule has 1 unspecified atom stereocenters. The Morgan fingerprint density at radius 2 is 1.88 bits per heavy atom. The lowest BCUT2D eigenvalue weighted by molar-refractivity contribution is -0.119. The molecule has 1 heterocycles. The number of amides is 1. The van der Waals surface area contributed by atoms with Crippen LogP contribution in [0.15, 0.2) is 48.5 Å². The Bertz CT molecular complexity index is 709. The Labute approximate surface area is 148 Å². The normalized spacial score (nSPS) is 16.2. The first-order chi connectivity index (χ1) is 12.1. The fourth-order valence-corrected chi connectivity index (χ4v) is 2.94. The first kappa shape index (κ1) is 17.5. The Balaban J connectivity index is 1.57. The van der Waals surface area contributed by atoms with Crippen LogP contribution in [0.4, 0.5) is 5.69 Å². The maximum absolute atomic E-state index is 12.3. The molecule has 1 fully saturated rings. The van der Waals surface area contributed by atoms with Gasteiger partial charge in [-0.15, -0.1) is 0 Å². The van der Waals surface area contributed by atoms with Crippen molar-refractivity contribution in [1.29, 1.82) is 0 Å². The molecule has 1 aliphatic heterocycles. The van der Waals surface area contributed by atoms with E-state index in [0.717, 1.165) is 29.9 Å². The standard InChI is InChI=1S/C20H24N2O3/c1-14-3-2-4-18(13-14)25-17-7-5-16(6-8-17)22-20(23)19(21)15-9-11-24-12-10-15/h2-8,13,15,19H,9-12,21H2,1H3,(H,22,23). The van der Waals surface area contributed by atoms with Gasteiger partial charge in [0.1, 0.15) is 11.5 Å². The molecule has 3 rings (SSSR count). The lowest BCUT2D eigenvalue weighted by Gasteiger charge is -2.26. The van der Waals surface area contributed by atoms with Crippen molar-refractivity contribution in [2.24, 2.45) is 11.7 Å². The summed E-state index contributed by atoms with van der Waals surface area (Å²) in [6, 6.07) is 14.7. The number of hydrogen-bond donors (Lipinski definition) is 2. The van der Waals surface area contributed by atoms with E-state index in [2.05, 4.69) is 5.32 Å². The second-order valence-corrected chi connectivity index (χ2v) is 6.41. The summed E-state index contributed by atoms with van der Waals surface area (Å²) in [5.41, 5.74) is 7.95. The van der Waals surface area contributed by atoms with E-state index < -0.39 is 6.04 Å². The average molecular weight is 340 g/mol. The van der Waals surface area contributed by atoms with Crippen molar-refractivity contribution in [3.8, 4) is 11.5 Å². The SMILES string of the molecule is Cc1cccc(Oc2ccc(NC(=O)C(N)C3CCOCC3)cc2)c1. The van der Waals surface area contributed by atoms with E-state index >= 15 is 0 Å². The average Bonchev–Trinajstić information content (AvgIpc) is 2.63. The van der Waals surface area contributed by atoms with Gasteiger partial charge in [0.25, 0.3) is 0 Å². The lowest BCUT2D eigenvalue weighted by atomic mass is 9.92. The molecule has 1 saturated heterocycles. The first-order valence-electron chi connectivity index (χ1n) is 8.60. The van der Waals surface area contributed by atoms with Gasteiger partial charge in [-0.2, -0.15) is 0 Å². The molecule has 0 spiro atoms. The summed E-state index contributed by atoms with van der Waals surface area (Å²) >= 11 is 0. The predicted molar refractivity (Wildman–Crippen MR) is 97.8 cm³/mol. The Kier molecular flexibility index (Phi) is 5.68. The van der Waals surface area contributed by atoms with Crippen molar-refractivity contribution >= 4 is 11.6 Å². The molecule has 1 atom stereocenters. The van der Waals surface area contributed by atoms with Crippen LogP contribution in [-0.2, 0) is 9.53 Å². The topological polar surface area (TPSA) is 73.6 Å². The van der Waals surface area contributed by atoms with E-state index in [4.69, 9.17) is 15.2 Å². The van der Waals surface area contributed by atoms with Crippen LogP contribution in [-0.4, -0.2) is 25.2 Å². The van der Waals surface area contributed by atoms with Crippen molar-refractivity contribution in [2.75, 3.05) is 18.5 Å². The summed E-state index contributed by atoms with van der Waals surface area (Å²) < 4.78 is 11.1. The zero-order valence-corrected chi connectivity index (χ0v) is 14.4. The second-order valence-electron chi connectivity index (χ2n) is 6.41. The molecule has 5 nitrogen and oxygen atoms in total. The van der Waals surface area contributed by atoms with Gasteiger partial charge in [-0.05, 0) is 67.6 Å². The molecule has 2 aromatic carbocycles. The molecule has 3 N–H and O–H groups in total. The fourth-order valence-electron chi connectivity index (χ4n) is 2.94. The number of rotatable bonds is 5. The number of nitrogens with two attached hydrogens (primary N) is 1. The van der Waals surface area contributed by atoms with E-state index in [1.165, 1.54) is 0 Å². The third-order valence-electron chi connectivity index (χ3n) is 4.42. The van der Waals surface area contributed by atoms with Crippen LogP contribution in [0.5, 0.6) is 11.5 Å². The molecule has 1 amide bonds. The highest BCUT2D eigenvalue weighted by atomic mass is 16.5. The van der Waals surface area contributed by atoms with Crippen molar-refractivity contribution < 1.29 is 14.3 Å². The number of nitrogens with one attached hydrogen (secondary N) is 1. The van der Waals surface area contributed by atoms with Crippen LogP contribution in [0.25, 0.3) is 0 Å². The third kappa shape index (κ3) is 4.81. The van der Waals surface area contributed by atoms with Crippen LogP contribution in [0, 0.1) is 12.8 Å². The summed E-state index contributed by atoms with van der Waals surface area (Å²) in [7, 11) is 0. The zero-order chi connectivity index (χ0) is 17.6. The van der Waals surface area contributed by atoms with Gasteiger partial charge in [0, 0.05) is 18.9 Å². The molecular weight excluding hydrogens is 316 g/mol. The number of hydrogen-bond acceptors (Lipinski definition) is 4. The van der Waals surface area contributed by atoms with Crippen molar-refractivity contribution in [1.82, 2.24) is 0 Å². The zero-order valence-electron chi connectivity index (χ0n) is 14.4. The van der Waals surface area contributed by atoms with Crippen molar-refractivity contribution in [3.05, 3.63) is 54.1 Å². The summed E-state index contributed by atoms with van der Waals surface area (Å²) in [5.74, 6) is 1.53. The number of carbonyl (C=O) groups excluding carboxylic acids is 1. The maximum Gasteiger partial charge on any atom is 0.241 e. The molecular formula is C20H24N2O3. The van der Waals surface area contributed by atoms with E-state index in [1.807, 2.05) is 55.5 Å². The smallest absolute Gasteiger partial charge is 0.241 e. The number of anilines is 1. The van der Waals surface area contributed by atoms with Crippen LogP contribution in [0.2, 0.25) is 0 Å². The Hall–Kier alpha value is -2.37. The van der Waals surface area contributed by atoms with Crippen LogP contribution in [0.1, 0.15) is 18.4 Å². The molecule has 0 aromatic heterocycles. The van der Waals surface area contributed by atoms with Crippen LogP contribution >= 0.6 is 0 Å². The van der Waals surface area contributed by atoms with Gasteiger partial charge in [-0.1, -0.05) is 12.1 Å². The number of benzene rings is 2. The highest BCUT2D eigenvalue weighted by molar-refractivity contribution is 5.94. The fraction of sp³-hybridized carbons (Fsp3) is 0.350. The van der Waals surface area contributed by atoms with Crippen molar-refractivity contribution in [2.45, 2.75) is 25.8 Å². The molecule has 132 valence electrons. The summed E-state index contributed by atoms with van der Waals surface area (Å²) in [6.45, 7) is 3.38. The van der Waals surface area contributed by atoms with Crippen LogP contribution in [0.3, 0.4) is 0 Å². The van der Waals surface area contributed by atoms with Gasteiger partial charge < -0.3 is 20.5 Å². The van der Waals surface area contributed by atoms with E-state index in [9.17, 15) is 4.79 Å². The quantitative estimate of drug-likeness (QED) is 0.874. The minimum atomic E-state index is -0.507. The van der Waals surface area contributed by atoms with Gasteiger partial charge >= 0.3 is 0 Å². The number of carbonyl (C=O) groups is 1. The third-order valence-corrected chi connectivity index (χ3v) is 4.42. The minimum Gasteiger partial charge on any atom is -0.457 e. The van der Waals surface area contributed by atoms with Gasteiger partial charge in [-0.25, -0.2) is 0 Å². The Morgan fingerprint density at radius 3 is 2.56 bits per heavy atom. The molecule has 2 aromatic rings. The molecule has 25 heavy (non-hydrogen) atoms. The lowest BCUT2D eigenvalue weighted by Crippen LogP contribution is -2.43. The first-order valence-corrected chi connectivity index (χ1v) is 8.60. The number of ether oxygens (including phenoxy) is 2. The Morgan fingerprint density at radius 1 is 1.16 bits per heavy atom. The molecule has 0 bridgehead atoms. The summed E-state index contributed by atoms with van der Waals surface area (Å²) in [4.78, 5) is 12.3. The molecule has 0 saturated carbocycles.